The molecule has 0 fully saturated rings. The van der Waals surface area contributed by atoms with Crippen LogP contribution in [0.4, 0.5) is 0 Å². The molecule has 0 radical (unpaired) electrons. The first-order valence-electron chi connectivity index (χ1n) is 8.92. The highest BCUT2D eigenvalue weighted by molar-refractivity contribution is 6.40. The lowest BCUT2D eigenvalue weighted by Crippen LogP contribution is -2.27. The molecule has 0 aliphatic rings. The second-order valence-electron chi connectivity index (χ2n) is 6.69. The van der Waals surface area contributed by atoms with Crippen molar-refractivity contribution in [2.24, 2.45) is 7.05 Å². The lowest BCUT2D eigenvalue weighted by Gasteiger charge is -2.15. The van der Waals surface area contributed by atoms with Gasteiger partial charge in [-0.15, -0.1) is 0 Å². The van der Waals surface area contributed by atoms with E-state index < -0.39 is 0 Å². The molecule has 0 aliphatic heterocycles. The van der Waals surface area contributed by atoms with E-state index in [1.165, 1.54) is 0 Å². The molecule has 3 aromatic rings. The smallest absolute Gasteiger partial charge is 0.251 e. The first-order valence-corrected chi connectivity index (χ1v) is 10.0. The molecule has 1 aromatic heterocycles. The molecule has 1 atom stereocenters. The van der Waals surface area contributed by atoms with Crippen molar-refractivity contribution >= 4 is 40.7 Å². The summed E-state index contributed by atoms with van der Waals surface area (Å²) < 4.78 is 7.53. The number of halogens is 3. The van der Waals surface area contributed by atoms with E-state index in [0.717, 1.165) is 16.8 Å². The Hall–Kier alpha value is -2.21. The van der Waals surface area contributed by atoms with E-state index in [-0.39, 0.29) is 18.6 Å². The molecule has 29 heavy (non-hydrogen) atoms. The van der Waals surface area contributed by atoms with Crippen LogP contribution in [-0.2, 0) is 13.7 Å². The van der Waals surface area contributed by atoms with E-state index in [1.807, 2.05) is 27.0 Å². The predicted molar refractivity (Wildman–Crippen MR) is 116 cm³/mol. The predicted octanol–water partition coefficient (Wildman–Crippen LogP) is 5.76. The molecule has 1 amide bonds. The van der Waals surface area contributed by atoms with E-state index in [4.69, 9.17) is 39.5 Å². The highest BCUT2D eigenvalue weighted by Gasteiger charge is 2.16. The summed E-state index contributed by atoms with van der Waals surface area (Å²) in [5, 5.41) is 8.32. The van der Waals surface area contributed by atoms with E-state index in [9.17, 15) is 4.79 Å². The monoisotopic (exact) mass is 451 g/mol. The average molecular weight is 453 g/mol. The molecule has 5 nitrogen and oxygen atoms in total. The van der Waals surface area contributed by atoms with Gasteiger partial charge in [0.05, 0.1) is 22.3 Å². The largest absolute Gasteiger partial charge is 0.486 e. The van der Waals surface area contributed by atoms with Gasteiger partial charge in [-0.3, -0.25) is 9.48 Å². The number of carbonyl (C=O) groups excluding carboxylic acids is 1. The molecular formula is C21H20Cl3N3O2. The van der Waals surface area contributed by atoms with Gasteiger partial charge in [0.1, 0.15) is 6.61 Å². The number of carbonyl (C=O) groups is 1. The molecule has 2 aromatic carbocycles. The standard InChI is InChI=1S/C21H20Cl3N3O2/c1-12(17-10-25-27(3)13(17)2)26-21(28)15-6-4-5-14(7-15)11-29-20-18(23)8-16(22)9-19(20)24/h4-10,12H,11H2,1-3H3,(H,26,28). The van der Waals surface area contributed by atoms with Gasteiger partial charge in [-0.2, -0.15) is 5.10 Å². The summed E-state index contributed by atoms with van der Waals surface area (Å²) in [5.74, 6) is 0.179. The molecule has 0 bridgehead atoms. The Kier molecular flexibility index (Phi) is 6.73. The summed E-state index contributed by atoms with van der Waals surface area (Å²) in [5.41, 5.74) is 3.33. The van der Waals surface area contributed by atoms with Crippen LogP contribution in [0, 0.1) is 6.92 Å². The van der Waals surface area contributed by atoms with Gasteiger partial charge in [0.15, 0.2) is 5.75 Å². The minimum absolute atomic E-state index is 0.164. The van der Waals surface area contributed by atoms with E-state index in [2.05, 4.69) is 10.4 Å². The van der Waals surface area contributed by atoms with Crippen molar-refractivity contribution in [3.63, 3.8) is 0 Å². The Morgan fingerprint density at radius 2 is 1.90 bits per heavy atom. The van der Waals surface area contributed by atoms with E-state index in [1.54, 1.807) is 41.2 Å². The number of hydrogen-bond donors (Lipinski definition) is 1. The maximum atomic E-state index is 12.7. The van der Waals surface area contributed by atoms with Gasteiger partial charge >= 0.3 is 0 Å². The molecule has 1 N–H and O–H groups in total. The molecule has 0 saturated carbocycles. The Balaban J connectivity index is 1.69. The molecular weight excluding hydrogens is 433 g/mol. The number of ether oxygens (including phenoxy) is 1. The zero-order chi connectivity index (χ0) is 21.1. The molecule has 8 heteroatoms. The maximum Gasteiger partial charge on any atom is 0.251 e. The minimum Gasteiger partial charge on any atom is -0.486 e. The van der Waals surface area contributed by atoms with Crippen LogP contribution >= 0.6 is 34.8 Å². The van der Waals surface area contributed by atoms with Crippen LogP contribution in [0.5, 0.6) is 5.75 Å². The zero-order valence-electron chi connectivity index (χ0n) is 16.2. The number of nitrogens with one attached hydrogen (secondary N) is 1. The third-order valence-corrected chi connectivity index (χ3v) is 5.40. The summed E-state index contributed by atoms with van der Waals surface area (Å²) in [7, 11) is 1.87. The summed E-state index contributed by atoms with van der Waals surface area (Å²) in [6.45, 7) is 4.11. The molecule has 1 heterocycles. The van der Waals surface area contributed by atoms with Gasteiger partial charge in [0.2, 0.25) is 0 Å². The van der Waals surface area contributed by atoms with Crippen LogP contribution in [-0.4, -0.2) is 15.7 Å². The van der Waals surface area contributed by atoms with Gasteiger partial charge in [0, 0.05) is 28.9 Å². The van der Waals surface area contributed by atoms with Crippen LogP contribution in [0.15, 0.2) is 42.6 Å². The quantitative estimate of drug-likeness (QED) is 0.517. The molecule has 0 spiro atoms. The average Bonchev–Trinajstić information content (AvgIpc) is 3.00. The van der Waals surface area contributed by atoms with Crippen LogP contribution in [0.2, 0.25) is 15.1 Å². The van der Waals surface area contributed by atoms with Crippen molar-refractivity contribution in [2.45, 2.75) is 26.5 Å². The molecule has 152 valence electrons. The Labute approximate surface area is 184 Å². The maximum absolute atomic E-state index is 12.7. The third kappa shape index (κ3) is 5.04. The highest BCUT2D eigenvalue weighted by Crippen LogP contribution is 2.36. The first-order chi connectivity index (χ1) is 13.8. The third-order valence-electron chi connectivity index (χ3n) is 4.62. The van der Waals surface area contributed by atoms with Gasteiger partial charge in [-0.25, -0.2) is 0 Å². The number of rotatable bonds is 6. The Morgan fingerprint density at radius 1 is 1.21 bits per heavy atom. The summed E-state index contributed by atoms with van der Waals surface area (Å²) in [6.07, 6.45) is 1.77. The lowest BCUT2D eigenvalue weighted by molar-refractivity contribution is 0.0939. The Morgan fingerprint density at radius 3 is 2.52 bits per heavy atom. The number of nitrogens with zero attached hydrogens (tertiary/aromatic N) is 2. The summed E-state index contributed by atoms with van der Waals surface area (Å²) >= 11 is 18.2. The molecule has 3 rings (SSSR count). The highest BCUT2D eigenvalue weighted by atomic mass is 35.5. The van der Waals surface area contributed by atoms with E-state index in [0.29, 0.717) is 26.4 Å². The van der Waals surface area contributed by atoms with Gasteiger partial charge < -0.3 is 10.1 Å². The Bertz CT molecular complexity index is 1030. The SMILES string of the molecule is Cc1c(C(C)NC(=O)c2cccc(COc3c(Cl)cc(Cl)cc3Cl)c2)cnn1C. The molecule has 1 unspecified atom stereocenters. The van der Waals surface area contributed by atoms with Crippen LogP contribution < -0.4 is 10.1 Å². The first kappa shape index (κ1) is 21.5. The second-order valence-corrected chi connectivity index (χ2v) is 7.94. The van der Waals surface area contributed by atoms with Gasteiger partial charge in [-0.05, 0) is 43.7 Å². The molecule has 0 saturated heterocycles. The van der Waals surface area contributed by atoms with Crippen LogP contribution in [0.25, 0.3) is 0 Å². The molecule has 0 aliphatic carbocycles. The van der Waals surface area contributed by atoms with Crippen molar-refractivity contribution in [2.75, 3.05) is 0 Å². The van der Waals surface area contributed by atoms with Crippen molar-refractivity contribution in [1.82, 2.24) is 15.1 Å². The van der Waals surface area contributed by atoms with E-state index >= 15 is 0 Å². The number of amides is 1. The number of hydrogen-bond acceptors (Lipinski definition) is 3. The normalized spacial score (nSPS) is 11.9. The van der Waals surface area contributed by atoms with Crippen LogP contribution in [0.1, 0.15) is 40.1 Å². The van der Waals surface area contributed by atoms with Gasteiger partial charge in [-0.1, -0.05) is 46.9 Å². The fraction of sp³-hybridized carbons (Fsp3) is 0.238. The fourth-order valence-corrected chi connectivity index (χ4v) is 3.85. The zero-order valence-corrected chi connectivity index (χ0v) is 18.4. The van der Waals surface area contributed by atoms with Crippen molar-refractivity contribution in [3.05, 3.63) is 80.0 Å². The van der Waals surface area contributed by atoms with Crippen LogP contribution in [0.3, 0.4) is 0 Å². The summed E-state index contributed by atoms with van der Waals surface area (Å²) in [4.78, 5) is 12.7. The number of benzene rings is 2. The second kappa shape index (κ2) is 9.08. The van der Waals surface area contributed by atoms with Crippen molar-refractivity contribution < 1.29 is 9.53 Å². The number of aryl methyl sites for hydroxylation is 1. The van der Waals surface area contributed by atoms with Crippen molar-refractivity contribution in [3.8, 4) is 5.75 Å². The van der Waals surface area contributed by atoms with Crippen molar-refractivity contribution in [1.29, 1.82) is 0 Å². The lowest BCUT2D eigenvalue weighted by atomic mass is 10.1. The van der Waals surface area contributed by atoms with Gasteiger partial charge in [0.25, 0.3) is 5.91 Å². The topological polar surface area (TPSA) is 56.1 Å². The minimum atomic E-state index is -0.176. The fourth-order valence-electron chi connectivity index (χ4n) is 2.92. The summed E-state index contributed by atoms with van der Waals surface area (Å²) in [6, 6.07) is 10.2. The number of aromatic nitrogens is 2.